The van der Waals surface area contributed by atoms with Gasteiger partial charge in [-0.15, -0.1) is 0 Å². The average Bonchev–Trinajstić information content (AvgIpc) is 2.95. The molecule has 4 nitrogen and oxygen atoms in total. The second-order valence-electron chi connectivity index (χ2n) is 3.26. The normalized spacial score (nSPS) is 12.3. The highest BCUT2D eigenvalue weighted by Crippen LogP contribution is 2.15. The number of hydrogen-bond donors (Lipinski definition) is 2. The van der Waals surface area contributed by atoms with Gasteiger partial charge in [0.15, 0.2) is 5.76 Å². The fourth-order valence-corrected chi connectivity index (χ4v) is 1.97. The summed E-state index contributed by atoms with van der Waals surface area (Å²) in [5, 5.41) is 16.0. The van der Waals surface area contributed by atoms with Crippen molar-refractivity contribution in [1.82, 2.24) is 5.32 Å². The van der Waals surface area contributed by atoms with E-state index in [1.54, 1.807) is 12.1 Å². The van der Waals surface area contributed by atoms with Crippen LogP contribution in [0, 0.1) is 0 Å². The van der Waals surface area contributed by atoms with Gasteiger partial charge in [0.05, 0.1) is 12.4 Å². The van der Waals surface area contributed by atoms with Gasteiger partial charge in [0.25, 0.3) is 5.91 Å². The summed E-state index contributed by atoms with van der Waals surface area (Å²) in [6, 6.07) is 5.05. The van der Waals surface area contributed by atoms with Gasteiger partial charge in [-0.05, 0) is 34.5 Å². The molecule has 0 aromatic carbocycles. The zero-order valence-electron chi connectivity index (χ0n) is 8.42. The number of carbonyl (C=O) groups is 1. The van der Waals surface area contributed by atoms with E-state index in [0.717, 1.165) is 5.56 Å². The van der Waals surface area contributed by atoms with Crippen LogP contribution in [0.5, 0.6) is 0 Å². The van der Waals surface area contributed by atoms with E-state index in [-0.39, 0.29) is 18.2 Å². The molecule has 0 aliphatic heterocycles. The molecule has 16 heavy (non-hydrogen) atoms. The molecule has 2 rings (SSSR count). The maximum absolute atomic E-state index is 11.5. The minimum absolute atomic E-state index is 0.177. The SMILES string of the molecule is O=C(NC[C@@H](O)c1ccsc1)c1ccco1. The molecule has 5 heteroatoms. The van der Waals surface area contributed by atoms with Crippen LogP contribution in [0.1, 0.15) is 22.2 Å². The van der Waals surface area contributed by atoms with E-state index < -0.39 is 6.10 Å². The molecule has 0 saturated heterocycles. The number of furan rings is 1. The predicted octanol–water partition coefficient (Wildman–Crippen LogP) is 1.80. The number of thiophene rings is 1. The highest BCUT2D eigenvalue weighted by Gasteiger charge is 2.12. The van der Waals surface area contributed by atoms with Gasteiger partial charge in [0.1, 0.15) is 0 Å². The van der Waals surface area contributed by atoms with Crippen LogP contribution in [-0.2, 0) is 0 Å². The molecule has 2 heterocycles. The minimum Gasteiger partial charge on any atom is -0.459 e. The number of rotatable bonds is 4. The first-order valence-electron chi connectivity index (χ1n) is 4.79. The van der Waals surface area contributed by atoms with Crippen molar-refractivity contribution >= 4 is 17.2 Å². The summed E-state index contributed by atoms with van der Waals surface area (Å²) in [4.78, 5) is 11.5. The zero-order valence-corrected chi connectivity index (χ0v) is 9.24. The number of hydrogen-bond acceptors (Lipinski definition) is 4. The van der Waals surface area contributed by atoms with Gasteiger partial charge < -0.3 is 14.8 Å². The summed E-state index contributed by atoms with van der Waals surface area (Å²) >= 11 is 1.51. The van der Waals surface area contributed by atoms with Gasteiger partial charge in [0.2, 0.25) is 0 Å². The Morgan fingerprint density at radius 2 is 2.44 bits per heavy atom. The van der Waals surface area contributed by atoms with E-state index in [0.29, 0.717) is 0 Å². The summed E-state index contributed by atoms with van der Waals surface area (Å²) in [7, 11) is 0. The molecule has 1 atom stereocenters. The lowest BCUT2D eigenvalue weighted by atomic mass is 10.2. The van der Waals surface area contributed by atoms with E-state index in [9.17, 15) is 9.90 Å². The van der Waals surface area contributed by atoms with Crippen molar-refractivity contribution in [2.45, 2.75) is 6.10 Å². The molecule has 0 radical (unpaired) electrons. The number of aliphatic hydroxyl groups is 1. The molecular weight excluding hydrogens is 226 g/mol. The standard InChI is InChI=1S/C11H11NO3S/c13-9(8-3-5-16-7-8)6-12-11(14)10-2-1-4-15-10/h1-5,7,9,13H,6H2,(H,12,14)/t9-/m1/s1. The second-order valence-corrected chi connectivity index (χ2v) is 4.04. The van der Waals surface area contributed by atoms with Crippen LogP contribution in [-0.4, -0.2) is 17.6 Å². The largest absolute Gasteiger partial charge is 0.459 e. The summed E-state index contributed by atoms with van der Waals surface area (Å²) in [6.07, 6.45) is 0.759. The first-order valence-corrected chi connectivity index (χ1v) is 5.73. The molecule has 0 bridgehead atoms. The highest BCUT2D eigenvalue weighted by atomic mass is 32.1. The highest BCUT2D eigenvalue weighted by molar-refractivity contribution is 7.07. The van der Waals surface area contributed by atoms with Crippen LogP contribution in [0.25, 0.3) is 0 Å². The molecule has 2 N–H and O–H groups in total. The van der Waals surface area contributed by atoms with E-state index in [4.69, 9.17) is 4.42 Å². The third kappa shape index (κ3) is 2.50. The molecule has 0 unspecified atom stereocenters. The molecule has 0 fully saturated rings. The lowest BCUT2D eigenvalue weighted by molar-refractivity contribution is 0.0889. The smallest absolute Gasteiger partial charge is 0.287 e. The van der Waals surface area contributed by atoms with Crippen molar-refractivity contribution in [3.8, 4) is 0 Å². The van der Waals surface area contributed by atoms with Crippen molar-refractivity contribution < 1.29 is 14.3 Å². The van der Waals surface area contributed by atoms with E-state index in [1.807, 2.05) is 16.8 Å². The molecule has 84 valence electrons. The Morgan fingerprint density at radius 3 is 3.06 bits per heavy atom. The molecule has 2 aromatic heterocycles. The van der Waals surface area contributed by atoms with Gasteiger partial charge in [-0.25, -0.2) is 0 Å². The Hall–Kier alpha value is -1.59. The predicted molar refractivity (Wildman–Crippen MR) is 60.3 cm³/mol. The zero-order chi connectivity index (χ0) is 11.4. The van der Waals surface area contributed by atoms with Crippen molar-refractivity contribution in [3.05, 3.63) is 46.5 Å². The van der Waals surface area contributed by atoms with Crippen molar-refractivity contribution in [2.24, 2.45) is 0 Å². The number of amides is 1. The Labute approximate surface area is 96.5 Å². The van der Waals surface area contributed by atoms with E-state index in [1.165, 1.54) is 17.6 Å². The van der Waals surface area contributed by atoms with Crippen LogP contribution in [0.15, 0.2) is 39.6 Å². The van der Waals surface area contributed by atoms with Gasteiger partial charge in [-0.1, -0.05) is 0 Å². The van der Waals surface area contributed by atoms with E-state index >= 15 is 0 Å². The lowest BCUT2D eigenvalue weighted by Gasteiger charge is -2.09. The lowest BCUT2D eigenvalue weighted by Crippen LogP contribution is -2.27. The Balaban J connectivity index is 1.86. The number of aliphatic hydroxyl groups excluding tert-OH is 1. The van der Waals surface area contributed by atoms with Crippen LogP contribution >= 0.6 is 11.3 Å². The minimum atomic E-state index is -0.676. The molecule has 1 amide bonds. The topological polar surface area (TPSA) is 62.5 Å². The molecule has 2 aromatic rings. The van der Waals surface area contributed by atoms with Crippen LogP contribution in [0.4, 0.5) is 0 Å². The first-order chi connectivity index (χ1) is 7.77. The Bertz CT molecular complexity index is 436. The van der Waals surface area contributed by atoms with Gasteiger partial charge >= 0.3 is 0 Å². The van der Waals surface area contributed by atoms with Gasteiger partial charge in [0, 0.05) is 6.54 Å². The maximum atomic E-state index is 11.5. The molecule has 0 spiro atoms. The van der Waals surface area contributed by atoms with Crippen LogP contribution in [0.3, 0.4) is 0 Å². The summed E-state index contributed by atoms with van der Waals surface area (Å²) in [5.41, 5.74) is 0.810. The summed E-state index contributed by atoms with van der Waals surface area (Å²) in [5.74, 6) is -0.0724. The van der Waals surface area contributed by atoms with Crippen LogP contribution in [0.2, 0.25) is 0 Å². The second kappa shape index (κ2) is 4.96. The van der Waals surface area contributed by atoms with Crippen molar-refractivity contribution in [1.29, 1.82) is 0 Å². The summed E-state index contributed by atoms with van der Waals surface area (Å²) in [6.45, 7) is 0.177. The fraction of sp³-hybridized carbons (Fsp3) is 0.182. The number of nitrogens with one attached hydrogen (secondary N) is 1. The number of carbonyl (C=O) groups excluding carboxylic acids is 1. The Kier molecular flexibility index (Phi) is 3.38. The molecular formula is C11H11NO3S. The van der Waals surface area contributed by atoms with E-state index in [2.05, 4.69) is 5.32 Å². The molecule has 0 saturated carbocycles. The summed E-state index contributed by atoms with van der Waals surface area (Å²) < 4.78 is 4.93. The van der Waals surface area contributed by atoms with Crippen molar-refractivity contribution in [3.63, 3.8) is 0 Å². The average molecular weight is 237 g/mol. The maximum Gasteiger partial charge on any atom is 0.287 e. The van der Waals surface area contributed by atoms with Gasteiger partial charge in [-0.2, -0.15) is 11.3 Å². The quantitative estimate of drug-likeness (QED) is 0.852. The third-order valence-corrected chi connectivity index (χ3v) is 2.83. The fourth-order valence-electron chi connectivity index (χ4n) is 1.27. The van der Waals surface area contributed by atoms with Crippen LogP contribution < -0.4 is 5.32 Å². The Morgan fingerprint density at radius 1 is 1.56 bits per heavy atom. The van der Waals surface area contributed by atoms with Crippen molar-refractivity contribution in [2.75, 3.05) is 6.54 Å². The first kappa shape index (κ1) is 10.9. The molecule has 0 aliphatic carbocycles. The monoisotopic (exact) mass is 237 g/mol. The third-order valence-electron chi connectivity index (χ3n) is 2.13. The molecule has 0 aliphatic rings. The van der Waals surface area contributed by atoms with Gasteiger partial charge in [-0.3, -0.25) is 4.79 Å².